The molecule has 1 aliphatic rings. The maximum Gasteiger partial charge on any atom is 0.262 e. The monoisotopic (exact) mass is 245 g/mol. The Hall–Kier alpha value is -2.06. The van der Waals surface area contributed by atoms with E-state index in [1.807, 2.05) is 18.2 Å². The van der Waals surface area contributed by atoms with E-state index in [1.54, 1.807) is 0 Å². The minimum Gasteiger partial charge on any atom is -0.482 e. The van der Waals surface area contributed by atoms with Crippen LogP contribution in [-0.4, -0.2) is 19.1 Å². The SMILES string of the molecule is N#CCCCNCc1ccc2c(c1)NC(=O)CO2. The number of benzene rings is 1. The predicted molar refractivity (Wildman–Crippen MR) is 67.1 cm³/mol. The smallest absolute Gasteiger partial charge is 0.262 e. The molecule has 0 spiro atoms. The van der Waals surface area contributed by atoms with Crippen LogP contribution >= 0.6 is 0 Å². The van der Waals surface area contributed by atoms with E-state index in [1.165, 1.54) is 0 Å². The van der Waals surface area contributed by atoms with Crippen molar-refractivity contribution < 1.29 is 9.53 Å². The summed E-state index contributed by atoms with van der Waals surface area (Å²) in [7, 11) is 0. The van der Waals surface area contributed by atoms with E-state index in [0.29, 0.717) is 18.7 Å². The van der Waals surface area contributed by atoms with Crippen LogP contribution < -0.4 is 15.4 Å². The lowest BCUT2D eigenvalue weighted by atomic mass is 10.1. The van der Waals surface area contributed by atoms with Gasteiger partial charge < -0.3 is 15.4 Å². The van der Waals surface area contributed by atoms with Gasteiger partial charge in [0.25, 0.3) is 5.91 Å². The molecule has 0 saturated carbocycles. The molecule has 18 heavy (non-hydrogen) atoms. The van der Waals surface area contributed by atoms with Gasteiger partial charge in [0.05, 0.1) is 11.8 Å². The Kier molecular flexibility index (Phi) is 4.15. The zero-order valence-electron chi connectivity index (χ0n) is 10.0. The van der Waals surface area contributed by atoms with Gasteiger partial charge in [-0.05, 0) is 30.7 Å². The number of unbranched alkanes of at least 4 members (excludes halogenated alkanes) is 1. The van der Waals surface area contributed by atoms with Crippen molar-refractivity contribution in [3.8, 4) is 11.8 Å². The molecule has 0 atom stereocenters. The van der Waals surface area contributed by atoms with Gasteiger partial charge in [-0.2, -0.15) is 5.26 Å². The topological polar surface area (TPSA) is 74.2 Å². The quantitative estimate of drug-likeness (QED) is 0.769. The Labute approximate surface area is 106 Å². The van der Waals surface area contributed by atoms with Gasteiger partial charge in [0.15, 0.2) is 6.61 Å². The number of hydrogen-bond donors (Lipinski definition) is 2. The molecule has 1 aromatic carbocycles. The van der Waals surface area contributed by atoms with E-state index in [-0.39, 0.29) is 12.5 Å². The van der Waals surface area contributed by atoms with Gasteiger partial charge in [-0.25, -0.2) is 0 Å². The molecule has 0 unspecified atom stereocenters. The third-order valence-corrected chi connectivity index (χ3v) is 2.65. The van der Waals surface area contributed by atoms with Crippen LogP contribution in [0, 0.1) is 11.3 Å². The highest BCUT2D eigenvalue weighted by atomic mass is 16.5. The molecule has 1 heterocycles. The zero-order valence-corrected chi connectivity index (χ0v) is 10.0. The van der Waals surface area contributed by atoms with E-state index in [2.05, 4.69) is 16.7 Å². The standard InChI is InChI=1S/C13H15N3O2/c14-5-1-2-6-15-8-10-3-4-12-11(7-10)16-13(17)9-18-12/h3-4,7,15H,1-2,6,8-9H2,(H,16,17). The van der Waals surface area contributed by atoms with Gasteiger partial charge >= 0.3 is 0 Å². The average molecular weight is 245 g/mol. The van der Waals surface area contributed by atoms with Gasteiger partial charge in [0.1, 0.15) is 5.75 Å². The summed E-state index contributed by atoms with van der Waals surface area (Å²) in [5, 5.41) is 14.4. The molecule has 0 radical (unpaired) electrons. The second kappa shape index (κ2) is 6.03. The summed E-state index contributed by atoms with van der Waals surface area (Å²) in [6.45, 7) is 1.61. The highest BCUT2D eigenvalue weighted by molar-refractivity contribution is 5.95. The Morgan fingerprint density at radius 3 is 3.22 bits per heavy atom. The number of hydrogen-bond acceptors (Lipinski definition) is 4. The van der Waals surface area contributed by atoms with E-state index >= 15 is 0 Å². The maximum atomic E-state index is 11.2. The second-order valence-corrected chi connectivity index (χ2v) is 4.11. The molecule has 0 fully saturated rings. The highest BCUT2D eigenvalue weighted by Crippen LogP contribution is 2.28. The van der Waals surface area contributed by atoms with Crippen molar-refractivity contribution in [2.24, 2.45) is 0 Å². The number of amides is 1. The van der Waals surface area contributed by atoms with Crippen molar-refractivity contribution >= 4 is 11.6 Å². The Balaban J connectivity index is 1.88. The minimum atomic E-state index is -0.123. The summed E-state index contributed by atoms with van der Waals surface area (Å²) in [6, 6.07) is 7.84. The largest absolute Gasteiger partial charge is 0.482 e. The van der Waals surface area contributed by atoms with Crippen LogP contribution in [0.4, 0.5) is 5.69 Å². The Bertz CT molecular complexity index is 480. The Morgan fingerprint density at radius 1 is 1.50 bits per heavy atom. The van der Waals surface area contributed by atoms with E-state index < -0.39 is 0 Å². The van der Waals surface area contributed by atoms with Crippen LogP contribution in [0.15, 0.2) is 18.2 Å². The molecule has 0 bridgehead atoms. The molecule has 1 aromatic rings. The second-order valence-electron chi connectivity index (χ2n) is 4.11. The molecule has 1 aliphatic heterocycles. The zero-order chi connectivity index (χ0) is 12.8. The lowest BCUT2D eigenvalue weighted by Gasteiger charge is -2.18. The van der Waals surface area contributed by atoms with Gasteiger partial charge in [-0.15, -0.1) is 0 Å². The first-order valence-electron chi connectivity index (χ1n) is 5.93. The number of fused-ring (bicyclic) bond motifs is 1. The fraction of sp³-hybridized carbons (Fsp3) is 0.385. The number of nitrogens with one attached hydrogen (secondary N) is 2. The normalized spacial score (nSPS) is 13.2. The molecule has 94 valence electrons. The summed E-state index contributed by atoms with van der Waals surface area (Å²) < 4.78 is 5.28. The summed E-state index contributed by atoms with van der Waals surface area (Å²) in [6.07, 6.45) is 1.42. The molecule has 5 nitrogen and oxygen atoms in total. The summed E-state index contributed by atoms with van der Waals surface area (Å²) in [4.78, 5) is 11.2. The molecule has 1 amide bonds. The van der Waals surface area contributed by atoms with Gasteiger partial charge in [0.2, 0.25) is 0 Å². The van der Waals surface area contributed by atoms with E-state index in [4.69, 9.17) is 10.00 Å². The highest BCUT2D eigenvalue weighted by Gasteiger charge is 2.15. The fourth-order valence-electron chi connectivity index (χ4n) is 1.77. The first-order valence-corrected chi connectivity index (χ1v) is 5.93. The van der Waals surface area contributed by atoms with Gasteiger partial charge in [0, 0.05) is 13.0 Å². The lowest BCUT2D eigenvalue weighted by molar-refractivity contribution is -0.118. The molecule has 0 aromatic heterocycles. The number of nitriles is 1. The van der Waals surface area contributed by atoms with Crippen LogP contribution in [0.3, 0.4) is 0 Å². The van der Waals surface area contributed by atoms with Crippen molar-refractivity contribution in [2.45, 2.75) is 19.4 Å². The number of nitrogens with zero attached hydrogens (tertiary/aromatic N) is 1. The minimum absolute atomic E-state index is 0.0821. The summed E-state index contributed by atoms with van der Waals surface area (Å²) in [5.41, 5.74) is 1.80. The molecule has 0 saturated heterocycles. The number of anilines is 1. The molecular formula is C13H15N3O2. The first kappa shape index (κ1) is 12.4. The molecule has 5 heteroatoms. The van der Waals surface area contributed by atoms with Gasteiger partial charge in [-0.3, -0.25) is 4.79 Å². The van der Waals surface area contributed by atoms with Gasteiger partial charge in [-0.1, -0.05) is 6.07 Å². The predicted octanol–water partition coefficient (Wildman–Crippen LogP) is 1.41. The van der Waals surface area contributed by atoms with Crippen LogP contribution in [0.2, 0.25) is 0 Å². The van der Waals surface area contributed by atoms with Crippen LogP contribution in [0.25, 0.3) is 0 Å². The third kappa shape index (κ3) is 3.22. The van der Waals surface area contributed by atoms with E-state index in [9.17, 15) is 4.79 Å². The van der Waals surface area contributed by atoms with Crippen LogP contribution in [0.1, 0.15) is 18.4 Å². The van der Waals surface area contributed by atoms with Crippen molar-refractivity contribution in [2.75, 3.05) is 18.5 Å². The van der Waals surface area contributed by atoms with Crippen molar-refractivity contribution in [3.05, 3.63) is 23.8 Å². The van der Waals surface area contributed by atoms with Crippen LogP contribution in [-0.2, 0) is 11.3 Å². The lowest BCUT2D eigenvalue weighted by Crippen LogP contribution is -2.25. The molecule has 0 aliphatic carbocycles. The van der Waals surface area contributed by atoms with Crippen molar-refractivity contribution in [1.82, 2.24) is 5.32 Å². The fourth-order valence-corrected chi connectivity index (χ4v) is 1.77. The van der Waals surface area contributed by atoms with Crippen molar-refractivity contribution in [1.29, 1.82) is 5.26 Å². The average Bonchev–Trinajstić information content (AvgIpc) is 2.38. The number of carbonyl (C=O) groups excluding carboxylic acids is 1. The Morgan fingerprint density at radius 2 is 2.39 bits per heavy atom. The molecular weight excluding hydrogens is 230 g/mol. The third-order valence-electron chi connectivity index (χ3n) is 2.65. The summed E-state index contributed by atoms with van der Waals surface area (Å²) in [5.74, 6) is 0.587. The number of ether oxygens (including phenoxy) is 1. The molecule has 2 N–H and O–H groups in total. The van der Waals surface area contributed by atoms with Crippen molar-refractivity contribution in [3.63, 3.8) is 0 Å². The van der Waals surface area contributed by atoms with E-state index in [0.717, 1.165) is 24.2 Å². The first-order chi connectivity index (χ1) is 8.79. The van der Waals surface area contributed by atoms with Crippen LogP contribution in [0.5, 0.6) is 5.75 Å². The number of carbonyl (C=O) groups is 1. The maximum absolute atomic E-state index is 11.2. The summed E-state index contributed by atoms with van der Waals surface area (Å²) >= 11 is 0. The molecule has 2 rings (SSSR count). The number of rotatable bonds is 5.